The van der Waals surface area contributed by atoms with Crippen molar-refractivity contribution >= 4 is 29.6 Å². The minimum absolute atomic E-state index is 0.0530. The van der Waals surface area contributed by atoms with Crippen molar-refractivity contribution in [1.29, 1.82) is 0 Å². The molecule has 12 heteroatoms. The molecule has 1 heterocycles. The van der Waals surface area contributed by atoms with Crippen molar-refractivity contribution in [2.24, 2.45) is 5.73 Å². The SMILES string of the molecule is CCCC[C@H](NC(C)=O)C(=O)N[C@@H](CCC(N)=O)C(=O)N[C@@H](Cc1cnc[nH]1)C(=O)O. The van der Waals surface area contributed by atoms with Crippen LogP contribution >= 0.6 is 0 Å². The molecule has 0 bridgehead atoms. The van der Waals surface area contributed by atoms with E-state index in [1.807, 2.05) is 6.92 Å². The number of nitrogens with two attached hydrogens (primary N) is 1. The van der Waals surface area contributed by atoms with Gasteiger partial charge in [0, 0.05) is 31.7 Å². The smallest absolute Gasteiger partial charge is 0.326 e. The van der Waals surface area contributed by atoms with Crippen LogP contribution in [0.5, 0.6) is 0 Å². The van der Waals surface area contributed by atoms with E-state index in [9.17, 15) is 29.1 Å². The first kappa shape index (κ1) is 25.6. The van der Waals surface area contributed by atoms with Crippen LogP contribution in [0.2, 0.25) is 0 Å². The zero-order valence-electron chi connectivity index (χ0n) is 17.6. The minimum Gasteiger partial charge on any atom is -0.480 e. The number of aromatic amines is 1. The summed E-state index contributed by atoms with van der Waals surface area (Å²) < 4.78 is 0. The fourth-order valence-corrected chi connectivity index (χ4v) is 2.84. The van der Waals surface area contributed by atoms with E-state index >= 15 is 0 Å². The highest BCUT2D eigenvalue weighted by molar-refractivity contribution is 5.93. The minimum atomic E-state index is -1.29. The molecule has 0 spiro atoms. The number of primary amides is 1. The zero-order chi connectivity index (χ0) is 23.4. The quantitative estimate of drug-likeness (QED) is 0.213. The van der Waals surface area contributed by atoms with E-state index < -0.39 is 47.7 Å². The molecule has 0 aromatic carbocycles. The zero-order valence-corrected chi connectivity index (χ0v) is 17.6. The number of carboxylic acid groups (broad SMARTS) is 1. The Morgan fingerprint density at radius 2 is 1.68 bits per heavy atom. The molecule has 0 unspecified atom stereocenters. The fourth-order valence-electron chi connectivity index (χ4n) is 2.84. The van der Waals surface area contributed by atoms with E-state index in [2.05, 4.69) is 25.9 Å². The van der Waals surface area contributed by atoms with Crippen LogP contribution in [0.25, 0.3) is 0 Å². The van der Waals surface area contributed by atoms with Crippen molar-refractivity contribution in [1.82, 2.24) is 25.9 Å². The van der Waals surface area contributed by atoms with Gasteiger partial charge >= 0.3 is 5.97 Å². The maximum atomic E-state index is 12.7. The summed E-state index contributed by atoms with van der Waals surface area (Å²) in [4.78, 5) is 66.1. The summed E-state index contributed by atoms with van der Waals surface area (Å²) >= 11 is 0. The molecule has 172 valence electrons. The van der Waals surface area contributed by atoms with Gasteiger partial charge < -0.3 is 31.8 Å². The number of nitrogens with one attached hydrogen (secondary N) is 4. The van der Waals surface area contributed by atoms with Crippen molar-refractivity contribution in [2.75, 3.05) is 0 Å². The molecule has 0 aliphatic heterocycles. The number of carbonyl (C=O) groups excluding carboxylic acids is 4. The molecule has 0 saturated carbocycles. The molecule has 1 rings (SSSR count). The van der Waals surface area contributed by atoms with E-state index in [0.717, 1.165) is 6.42 Å². The molecule has 3 atom stereocenters. The van der Waals surface area contributed by atoms with Crippen molar-refractivity contribution in [3.05, 3.63) is 18.2 Å². The van der Waals surface area contributed by atoms with Gasteiger partial charge in [-0.05, 0) is 12.8 Å². The van der Waals surface area contributed by atoms with Gasteiger partial charge in [0.1, 0.15) is 18.1 Å². The number of unbranched alkanes of at least 4 members (excludes halogenated alkanes) is 1. The highest BCUT2D eigenvalue weighted by atomic mass is 16.4. The monoisotopic (exact) mass is 438 g/mol. The van der Waals surface area contributed by atoms with Gasteiger partial charge in [-0.15, -0.1) is 0 Å². The molecular weight excluding hydrogens is 408 g/mol. The largest absolute Gasteiger partial charge is 0.480 e. The summed E-state index contributed by atoms with van der Waals surface area (Å²) in [7, 11) is 0. The number of nitrogens with zero attached hydrogens (tertiary/aromatic N) is 1. The maximum Gasteiger partial charge on any atom is 0.326 e. The average Bonchev–Trinajstić information content (AvgIpc) is 3.20. The summed E-state index contributed by atoms with van der Waals surface area (Å²) in [6.07, 6.45) is 4.27. The molecule has 0 aliphatic rings. The number of hydrogen-bond donors (Lipinski definition) is 6. The van der Waals surface area contributed by atoms with Crippen LogP contribution < -0.4 is 21.7 Å². The predicted molar refractivity (Wildman–Crippen MR) is 109 cm³/mol. The molecular formula is C19H30N6O6. The predicted octanol–water partition coefficient (Wildman–Crippen LogP) is -1.03. The highest BCUT2D eigenvalue weighted by Crippen LogP contribution is 2.06. The second kappa shape index (κ2) is 13.0. The normalized spacial score (nSPS) is 13.5. The van der Waals surface area contributed by atoms with Crippen LogP contribution in [-0.4, -0.2) is 62.8 Å². The van der Waals surface area contributed by atoms with Crippen molar-refractivity contribution in [3.8, 4) is 0 Å². The van der Waals surface area contributed by atoms with E-state index in [-0.39, 0.29) is 19.3 Å². The van der Waals surface area contributed by atoms with Crippen LogP contribution in [0.1, 0.15) is 51.6 Å². The van der Waals surface area contributed by atoms with Gasteiger partial charge in [0.25, 0.3) is 0 Å². The summed E-state index contributed by atoms with van der Waals surface area (Å²) in [5.74, 6) is -3.74. The Hall–Kier alpha value is -3.44. The van der Waals surface area contributed by atoms with Crippen LogP contribution in [-0.2, 0) is 30.4 Å². The molecule has 1 aromatic heterocycles. The Morgan fingerprint density at radius 3 is 2.16 bits per heavy atom. The lowest BCUT2D eigenvalue weighted by atomic mass is 10.1. The number of imidazole rings is 1. The fraction of sp³-hybridized carbons (Fsp3) is 0.579. The molecule has 7 N–H and O–H groups in total. The second-order valence-corrected chi connectivity index (χ2v) is 7.14. The first-order valence-corrected chi connectivity index (χ1v) is 10.00. The Bertz CT molecular complexity index is 766. The third-order valence-electron chi connectivity index (χ3n) is 4.45. The number of H-pyrrole nitrogens is 1. The Labute approximate surface area is 179 Å². The van der Waals surface area contributed by atoms with Gasteiger partial charge in [-0.3, -0.25) is 19.2 Å². The maximum absolute atomic E-state index is 12.7. The molecule has 4 amide bonds. The van der Waals surface area contributed by atoms with Crippen LogP contribution in [0.15, 0.2) is 12.5 Å². The van der Waals surface area contributed by atoms with Gasteiger partial charge in [0.15, 0.2) is 0 Å². The average molecular weight is 438 g/mol. The Balaban J connectivity index is 2.92. The number of aromatic nitrogens is 2. The first-order chi connectivity index (χ1) is 14.6. The number of amides is 4. The first-order valence-electron chi connectivity index (χ1n) is 10.00. The standard InChI is InChI=1S/C19H30N6O6/c1-3-4-5-13(23-11(2)26)17(28)24-14(6-7-16(20)27)18(29)25-15(19(30)31)8-12-9-21-10-22-12/h9-10,13-15H,3-8H2,1-2H3,(H2,20,27)(H,21,22)(H,23,26)(H,24,28)(H,25,29)(H,30,31)/t13-,14-,15-/m0/s1. The number of rotatable bonds is 14. The number of hydrogen-bond acceptors (Lipinski definition) is 6. The number of aliphatic carboxylic acids is 1. The van der Waals surface area contributed by atoms with E-state index in [1.54, 1.807) is 0 Å². The van der Waals surface area contributed by atoms with Crippen molar-refractivity contribution in [3.63, 3.8) is 0 Å². The molecule has 1 aromatic rings. The topological polar surface area (TPSA) is 196 Å². The summed E-state index contributed by atoms with van der Waals surface area (Å²) in [5.41, 5.74) is 5.65. The van der Waals surface area contributed by atoms with Gasteiger partial charge in [-0.2, -0.15) is 0 Å². The number of carboxylic acids is 1. The summed E-state index contributed by atoms with van der Waals surface area (Å²) in [6, 6.07) is -3.35. The summed E-state index contributed by atoms with van der Waals surface area (Å²) in [5, 5.41) is 16.8. The van der Waals surface area contributed by atoms with Gasteiger partial charge in [-0.25, -0.2) is 9.78 Å². The molecule has 12 nitrogen and oxygen atoms in total. The molecule has 0 radical (unpaired) electrons. The van der Waals surface area contributed by atoms with E-state index in [0.29, 0.717) is 18.5 Å². The van der Waals surface area contributed by atoms with E-state index in [4.69, 9.17) is 5.73 Å². The van der Waals surface area contributed by atoms with Gasteiger partial charge in [-0.1, -0.05) is 19.8 Å². The van der Waals surface area contributed by atoms with Crippen LogP contribution in [0, 0.1) is 0 Å². The van der Waals surface area contributed by atoms with Gasteiger partial charge in [0.2, 0.25) is 23.6 Å². The lowest BCUT2D eigenvalue weighted by Gasteiger charge is -2.24. The third-order valence-corrected chi connectivity index (χ3v) is 4.45. The highest BCUT2D eigenvalue weighted by Gasteiger charge is 2.29. The van der Waals surface area contributed by atoms with E-state index in [1.165, 1.54) is 19.4 Å². The molecule has 0 aliphatic carbocycles. The molecule has 0 saturated heterocycles. The van der Waals surface area contributed by atoms with Crippen molar-refractivity contribution in [2.45, 2.75) is 70.5 Å². The third kappa shape index (κ3) is 9.74. The van der Waals surface area contributed by atoms with Gasteiger partial charge in [0.05, 0.1) is 6.33 Å². The molecule has 31 heavy (non-hydrogen) atoms. The van der Waals surface area contributed by atoms with Crippen molar-refractivity contribution < 1.29 is 29.1 Å². The lowest BCUT2D eigenvalue weighted by molar-refractivity contribution is -0.142. The molecule has 0 fully saturated rings. The lowest BCUT2D eigenvalue weighted by Crippen LogP contribution is -2.56. The van der Waals surface area contributed by atoms with Crippen LogP contribution in [0.4, 0.5) is 0 Å². The van der Waals surface area contributed by atoms with Crippen LogP contribution in [0.3, 0.4) is 0 Å². The second-order valence-electron chi connectivity index (χ2n) is 7.14. The Morgan fingerprint density at radius 1 is 1.06 bits per heavy atom. The Kier molecular flexibility index (Phi) is 10.7. The summed E-state index contributed by atoms with van der Waals surface area (Å²) in [6.45, 7) is 3.20. The number of carbonyl (C=O) groups is 5.